The van der Waals surface area contributed by atoms with Crippen molar-refractivity contribution >= 4 is 17.3 Å². The Bertz CT molecular complexity index is 519. The lowest BCUT2D eigenvalue weighted by Gasteiger charge is -2.31. The highest BCUT2D eigenvalue weighted by molar-refractivity contribution is 6.31. The zero-order chi connectivity index (χ0) is 12.9. The molecule has 0 N–H and O–H groups in total. The number of hydrogen-bond acceptors (Lipinski definition) is 2. The summed E-state index contributed by atoms with van der Waals surface area (Å²) in [6, 6.07) is 4.48. The third kappa shape index (κ3) is 1.84. The van der Waals surface area contributed by atoms with Gasteiger partial charge in [-0.25, -0.2) is 5.06 Å². The van der Waals surface area contributed by atoms with E-state index < -0.39 is 0 Å². The van der Waals surface area contributed by atoms with Gasteiger partial charge >= 0.3 is 0 Å². The molecule has 2 heterocycles. The molecule has 1 aromatic carbocycles. The lowest BCUT2D eigenvalue weighted by Crippen LogP contribution is -2.31. The summed E-state index contributed by atoms with van der Waals surface area (Å²) >= 11 is 6.24. The quantitative estimate of drug-likeness (QED) is 0.709. The van der Waals surface area contributed by atoms with E-state index in [-0.39, 0.29) is 0 Å². The minimum Gasteiger partial charge on any atom is -0.269 e. The fraction of sp³-hybridized carbons (Fsp3) is 0.467. The number of halogens is 1. The molecule has 1 aromatic rings. The summed E-state index contributed by atoms with van der Waals surface area (Å²) in [7, 11) is 0. The highest BCUT2D eigenvalue weighted by Gasteiger charge is 2.39. The number of benzene rings is 1. The Morgan fingerprint density at radius 2 is 2.22 bits per heavy atom. The molecule has 2 aliphatic heterocycles. The number of allylic oxidation sites excluding steroid dienone is 1. The average Bonchev–Trinajstić information content (AvgIpc) is 2.60. The highest BCUT2D eigenvalue weighted by atomic mass is 35.5. The van der Waals surface area contributed by atoms with Crippen LogP contribution in [-0.4, -0.2) is 12.1 Å². The van der Waals surface area contributed by atoms with E-state index in [9.17, 15) is 0 Å². The van der Waals surface area contributed by atoms with Crippen molar-refractivity contribution in [1.82, 2.24) is 0 Å². The molecule has 0 radical (unpaired) electrons. The second-order valence-corrected chi connectivity index (χ2v) is 5.89. The summed E-state index contributed by atoms with van der Waals surface area (Å²) in [6.45, 7) is 6.34. The van der Waals surface area contributed by atoms with Crippen LogP contribution in [0.25, 0.3) is 0 Å². The first-order chi connectivity index (χ1) is 8.56. The van der Waals surface area contributed by atoms with Gasteiger partial charge in [0.05, 0.1) is 17.8 Å². The molecule has 18 heavy (non-hydrogen) atoms. The van der Waals surface area contributed by atoms with Crippen molar-refractivity contribution in [2.45, 2.75) is 45.8 Å². The van der Waals surface area contributed by atoms with E-state index >= 15 is 0 Å². The molecule has 0 saturated carbocycles. The molecule has 0 aliphatic carbocycles. The molecule has 2 atom stereocenters. The minimum absolute atomic E-state index is 0.318. The molecule has 3 heteroatoms. The van der Waals surface area contributed by atoms with Crippen LogP contribution in [0, 0.1) is 6.92 Å². The normalized spacial score (nSPS) is 25.0. The van der Waals surface area contributed by atoms with Gasteiger partial charge in [0.1, 0.15) is 0 Å². The number of hydrogen-bond donors (Lipinski definition) is 0. The van der Waals surface area contributed by atoms with Gasteiger partial charge in [-0.2, -0.15) is 0 Å². The first-order valence-corrected chi connectivity index (χ1v) is 6.83. The lowest BCUT2D eigenvalue weighted by molar-refractivity contribution is 0.0749. The number of nitrogens with zero attached hydrogens (tertiary/aromatic N) is 1. The average molecular weight is 264 g/mol. The first kappa shape index (κ1) is 12.1. The van der Waals surface area contributed by atoms with Crippen LogP contribution in [0.2, 0.25) is 5.02 Å². The van der Waals surface area contributed by atoms with Crippen LogP contribution in [0.5, 0.6) is 0 Å². The maximum Gasteiger partial charge on any atom is 0.0921 e. The number of rotatable bonds is 1. The smallest absolute Gasteiger partial charge is 0.0921 e. The Morgan fingerprint density at radius 3 is 2.94 bits per heavy atom. The van der Waals surface area contributed by atoms with Crippen molar-refractivity contribution in [3.05, 3.63) is 39.9 Å². The van der Waals surface area contributed by atoms with Crippen molar-refractivity contribution in [3.8, 4) is 0 Å². The molecule has 0 spiro atoms. The fourth-order valence-corrected chi connectivity index (χ4v) is 3.11. The van der Waals surface area contributed by atoms with Crippen LogP contribution in [-0.2, 0) is 11.3 Å². The van der Waals surface area contributed by atoms with Gasteiger partial charge in [-0.05, 0) is 38.0 Å². The summed E-state index contributed by atoms with van der Waals surface area (Å²) < 4.78 is 0. The second-order valence-electron chi connectivity index (χ2n) is 5.48. The van der Waals surface area contributed by atoms with E-state index in [0.717, 1.165) is 23.4 Å². The summed E-state index contributed by atoms with van der Waals surface area (Å²) in [5, 5.41) is 2.89. The van der Waals surface area contributed by atoms with E-state index in [1.165, 1.54) is 16.8 Å². The van der Waals surface area contributed by atoms with Crippen LogP contribution in [0.4, 0.5) is 5.69 Å². The van der Waals surface area contributed by atoms with Crippen LogP contribution < -0.4 is 5.06 Å². The van der Waals surface area contributed by atoms with Crippen LogP contribution in [0.3, 0.4) is 0 Å². The number of fused-ring (bicyclic) bond motifs is 4. The third-order valence-electron chi connectivity index (χ3n) is 3.71. The molecule has 0 unspecified atom stereocenters. The SMILES string of the molecule is CC(C)=C[C@H]1C[C@H]2Cc3ccc(Cl)c(C)c3N1O2. The Kier molecular flexibility index (Phi) is 2.87. The Labute approximate surface area is 113 Å². The van der Waals surface area contributed by atoms with Gasteiger partial charge in [-0.1, -0.05) is 29.3 Å². The van der Waals surface area contributed by atoms with Crippen LogP contribution in [0.15, 0.2) is 23.8 Å². The third-order valence-corrected chi connectivity index (χ3v) is 4.12. The summed E-state index contributed by atoms with van der Waals surface area (Å²) in [6.07, 6.45) is 4.67. The minimum atomic E-state index is 0.318. The zero-order valence-corrected chi connectivity index (χ0v) is 11.8. The van der Waals surface area contributed by atoms with E-state index in [4.69, 9.17) is 16.4 Å². The van der Waals surface area contributed by atoms with Crippen molar-refractivity contribution in [2.75, 3.05) is 5.06 Å². The molecule has 2 aliphatic rings. The van der Waals surface area contributed by atoms with Gasteiger partial charge in [0.25, 0.3) is 0 Å². The van der Waals surface area contributed by atoms with Gasteiger partial charge in [-0.3, -0.25) is 4.84 Å². The van der Waals surface area contributed by atoms with Crippen LogP contribution in [0.1, 0.15) is 31.4 Å². The zero-order valence-electron chi connectivity index (χ0n) is 11.0. The van der Waals surface area contributed by atoms with Crippen molar-refractivity contribution in [3.63, 3.8) is 0 Å². The molecule has 1 saturated heterocycles. The monoisotopic (exact) mass is 263 g/mol. The first-order valence-electron chi connectivity index (χ1n) is 6.45. The molecular weight excluding hydrogens is 246 g/mol. The lowest BCUT2D eigenvalue weighted by atomic mass is 10.0. The Balaban J connectivity index is 2.08. The van der Waals surface area contributed by atoms with Gasteiger partial charge < -0.3 is 0 Å². The van der Waals surface area contributed by atoms with Gasteiger partial charge in [-0.15, -0.1) is 0 Å². The summed E-state index contributed by atoms with van der Waals surface area (Å²) in [5.74, 6) is 0. The molecule has 0 amide bonds. The Morgan fingerprint density at radius 1 is 1.44 bits per heavy atom. The van der Waals surface area contributed by atoms with Gasteiger partial charge in [0.15, 0.2) is 0 Å². The molecule has 2 bridgehead atoms. The molecular formula is C15H18ClNO. The predicted molar refractivity (Wildman–Crippen MR) is 75.1 cm³/mol. The maximum absolute atomic E-state index is 6.24. The standard InChI is InChI=1S/C15H18ClNO/c1-9(2)6-12-8-13-7-11-4-5-14(16)10(3)15(11)17(12)18-13/h4-6,12-13H,7-8H2,1-3H3/t12-,13+/m0/s1. The van der Waals surface area contributed by atoms with Gasteiger partial charge in [0, 0.05) is 17.9 Å². The number of hydroxylamine groups is 1. The predicted octanol–water partition coefficient (Wildman–Crippen LogP) is 4.05. The van der Waals surface area contributed by atoms with Crippen molar-refractivity contribution in [2.24, 2.45) is 0 Å². The van der Waals surface area contributed by atoms with Crippen molar-refractivity contribution < 1.29 is 4.84 Å². The molecule has 0 aromatic heterocycles. The van der Waals surface area contributed by atoms with E-state index in [0.29, 0.717) is 12.1 Å². The topological polar surface area (TPSA) is 12.5 Å². The van der Waals surface area contributed by atoms with Crippen LogP contribution >= 0.6 is 11.6 Å². The van der Waals surface area contributed by atoms with Crippen molar-refractivity contribution in [1.29, 1.82) is 0 Å². The number of anilines is 1. The molecule has 3 rings (SSSR count). The van der Waals surface area contributed by atoms with E-state index in [1.54, 1.807) is 0 Å². The fourth-order valence-electron chi connectivity index (χ4n) is 2.95. The highest BCUT2D eigenvalue weighted by Crippen LogP contribution is 2.42. The Hall–Kier alpha value is -0.990. The molecule has 1 fully saturated rings. The summed E-state index contributed by atoms with van der Waals surface area (Å²) in [4.78, 5) is 6.00. The second kappa shape index (κ2) is 4.29. The van der Waals surface area contributed by atoms with E-state index in [1.807, 2.05) is 6.07 Å². The van der Waals surface area contributed by atoms with E-state index in [2.05, 4.69) is 38.0 Å². The maximum atomic E-state index is 6.24. The summed E-state index contributed by atoms with van der Waals surface area (Å²) in [5.41, 5.74) is 5.00. The van der Waals surface area contributed by atoms with Gasteiger partial charge in [0.2, 0.25) is 0 Å². The largest absolute Gasteiger partial charge is 0.269 e. The molecule has 96 valence electrons. The molecule has 2 nitrogen and oxygen atoms in total.